The lowest BCUT2D eigenvalue weighted by molar-refractivity contribution is -0.137. The van der Waals surface area contributed by atoms with E-state index in [-0.39, 0.29) is 16.9 Å². The third-order valence-electron chi connectivity index (χ3n) is 2.90. The van der Waals surface area contributed by atoms with Gasteiger partial charge < -0.3 is 10.2 Å². The predicted octanol–water partition coefficient (Wildman–Crippen LogP) is 2.96. The monoisotopic (exact) mass is 335 g/mol. The molecule has 3 N–H and O–H groups in total. The number of nitrogens with one attached hydrogen (secondary N) is 1. The molecule has 0 spiro atoms. The molecule has 6 nitrogen and oxygen atoms in total. The zero-order chi connectivity index (χ0) is 16.7. The van der Waals surface area contributed by atoms with E-state index < -0.39 is 28.7 Å². The van der Waals surface area contributed by atoms with Gasteiger partial charge in [0, 0.05) is 5.56 Å². The third kappa shape index (κ3) is 2.67. The standard InChI is InChI=1S/C12H9ClF3N3O3/c1-5-6(4-20)11(22)19(10(5)21)18-8-3-2-7(9(13)17-8)12(14,15)16/h2-4,21-22H,1H3,(H,17,18). The molecule has 0 fully saturated rings. The first-order chi connectivity index (χ1) is 10.2. The highest BCUT2D eigenvalue weighted by molar-refractivity contribution is 6.30. The molecule has 118 valence electrons. The maximum Gasteiger partial charge on any atom is 0.419 e. The Morgan fingerprint density at radius 1 is 1.32 bits per heavy atom. The van der Waals surface area contributed by atoms with Crippen LogP contribution in [0.4, 0.5) is 19.0 Å². The smallest absolute Gasteiger partial charge is 0.419 e. The molecule has 0 amide bonds. The number of aromatic hydroxyl groups is 2. The van der Waals surface area contributed by atoms with Crippen molar-refractivity contribution in [2.24, 2.45) is 0 Å². The van der Waals surface area contributed by atoms with Crippen molar-refractivity contribution in [3.8, 4) is 11.8 Å². The number of halogens is 4. The zero-order valence-electron chi connectivity index (χ0n) is 10.9. The van der Waals surface area contributed by atoms with Crippen LogP contribution in [0.1, 0.15) is 21.5 Å². The molecule has 0 aliphatic rings. The number of hydrogen-bond donors (Lipinski definition) is 3. The van der Waals surface area contributed by atoms with E-state index in [0.29, 0.717) is 17.0 Å². The van der Waals surface area contributed by atoms with Gasteiger partial charge in [-0.05, 0) is 19.1 Å². The molecule has 0 unspecified atom stereocenters. The van der Waals surface area contributed by atoms with Crippen LogP contribution in [0.2, 0.25) is 5.15 Å². The van der Waals surface area contributed by atoms with Gasteiger partial charge in [-0.2, -0.15) is 17.8 Å². The highest BCUT2D eigenvalue weighted by Gasteiger charge is 2.34. The molecule has 22 heavy (non-hydrogen) atoms. The summed E-state index contributed by atoms with van der Waals surface area (Å²) in [5.41, 5.74) is 1.16. The largest absolute Gasteiger partial charge is 0.493 e. The molecule has 0 aliphatic heterocycles. The summed E-state index contributed by atoms with van der Waals surface area (Å²) in [5, 5.41) is 18.8. The highest BCUT2D eigenvalue weighted by atomic mass is 35.5. The van der Waals surface area contributed by atoms with Gasteiger partial charge in [-0.15, -0.1) is 0 Å². The maximum atomic E-state index is 12.6. The average molecular weight is 336 g/mol. The summed E-state index contributed by atoms with van der Waals surface area (Å²) < 4.78 is 38.4. The summed E-state index contributed by atoms with van der Waals surface area (Å²) in [4.78, 5) is 14.3. The molecule has 0 aliphatic carbocycles. The number of rotatable bonds is 3. The van der Waals surface area contributed by atoms with Crippen LogP contribution in [-0.2, 0) is 6.18 Å². The normalized spacial score (nSPS) is 11.5. The second kappa shape index (κ2) is 5.41. The van der Waals surface area contributed by atoms with Crippen molar-refractivity contribution >= 4 is 23.7 Å². The third-order valence-corrected chi connectivity index (χ3v) is 3.19. The number of aldehydes is 1. The van der Waals surface area contributed by atoms with Crippen LogP contribution in [0, 0.1) is 6.92 Å². The molecule has 0 aromatic carbocycles. The minimum absolute atomic E-state index is 0.0954. The summed E-state index contributed by atoms with van der Waals surface area (Å²) in [7, 11) is 0. The number of anilines is 1. The van der Waals surface area contributed by atoms with Crippen molar-refractivity contribution in [2.75, 3.05) is 5.43 Å². The van der Waals surface area contributed by atoms with E-state index in [0.717, 1.165) is 6.07 Å². The molecule has 10 heteroatoms. The molecule has 0 bridgehead atoms. The number of aromatic nitrogens is 2. The van der Waals surface area contributed by atoms with Crippen molar-refractivity contribution in [3.05, 3.63) is 34.0 Å². The fourth-order valence-corrected chi connectivity index (χ4v) is 2.01. The summed E-state index contributed by atoms with van der Waals surface area (Å²) in [6, 6.07) is 1.66. The van der Waals surface area contributed by atoms with Crippen molar-refractivity contribution in [1.82, 2.24) is 9.66 Å². The lowest BCUT2D eigenvalue weighted by atomic mass is 10.2. The highest BCUT2D eigenvalue weighted by Crippen LogP contribution is 2.35. The van der Waals surface area contributed by atoms with Crippen molar-refractivity contribution in [3.63, 3.8) is 0 Å². The summed E-state index contributed by atoms with van der Waals surface area (Å²) in [5.74, 6) is -1.27. The Labute approximate surface area is 126 Å². The van der Waals surface area contributed by atoms with Crippen LogP contribution in [0.3, 0.4) is 0 Å². The Bertz CT molecular complexity index is 743. The number of nitrogens with zero attached hydrogens (tertiary/aromatic N) is 2. The molecular formula is C12H9ClF3N3O3. The molecule has 0 radical (unpaired) electrons. The van der Waals surface area contributed by atoms with E-state index in [9.17, 15) is 28.2 Å². The van der Waals surface area contributed by atoms with E-state index >= 15 is 0 Å². The van der Waals surface area contributed by atoms with Gasteiger partial charge in [0.05, 0.1) is 11.1 Å². The first-order valence-electron chi connectivity index (χ1n) is 5.76. The fourth-order valence-electron chi connectivity index (χ4n) is 1.75. The fraction of sp³-hybridized carbons (Fsp3) is 0.167. The minimum Gasteiger partial charge on any atom is -0.493 e. The number of hydrogen-bond acceptors (Lipinski definition) is 5. The molecule has 0 atom stereocenters. The van der Waals surface area contributed by atoms with Crippen LogP contribution in [0.5, 0.6) is 11.8 Å². The van der Waals surface area contributed by atoms with Crippen LogP contribution in [-0.4, -0.2) is 26.2 Å². The van der Waals surface area contributed by atoms with Gasteiger partial charge in [0.1, 0.15) is 11.0 Å². The van der Waals surface area contributed by atoms with E-state index in [1.54, 1.807) is 0 Å². The number of carbonyl (C=O) groups excluding carboxylic acids is 1. The van der Waals surface area contributed by atoms with Crippen LogP contribution < -0.4 is 5.43 Å². The molecule has 0 saturated heterocycles. The Kier molecular flexibility index (Phi) is 3.92. The Morgan fingerprint density at radius 2 is 1.95 bits per heavy atom. The predicted molar refractivity (Wildman–Crippen MR) is 71.2 cm³/mol. The van der Waals surface area contributed by atoms with Crippen molar-refractivity contribution in [2.45, 2.75) is 13.1 Å². The number of pyridine rings is 1. The Hall–Kier alpha value is -2.42. The molecule has 2 aromatic heterocycles. The number of carbonyl (C=O) groups is 1. The van der Waals surface area contributed by atoms with Gasteiger partial charge in [0.15, 0.2) is 6.29 Å². The van der Waals surface area contributed by atoms with Crippen molar-refractivity contribution in [1.29, 1.82) is 0 Å². The first kappa shape index (κ1) is 16.0. The van der Waals surface area contributed by atoms with Gasteiger partial charge in [0.25, 0.3) is 0 Å². The first-order valence-corrected chi connectivity index (χ1v) is 6.13. The molecule has 0 saturated carbocycles. The lowest BCUT2D eigenvalue weighted by Gasteiger charge is -2.12. The lowest BCUT2D eigenvalue weighted by Crippen LogP contribution is -2.12. The average Bonchev–Trinajstić information content (AvgIpc) is 2.61. The summed E-state index contributed by atoms with van der Waals surface area (Å²) >= 11 is 5.46. The Balaban J connectivity index is 2.41. The topological polar surface area (TPSA) is 87.4 Å². The van der Waals surface area contributed by atoms with Gasteiger partial charge >= 0.3 is 6.18 Å². The second-order valence-corrected chi connectivity index (χ2v) is 4.64. The van der Waals surface area contributed by atoms with E-state index in [2.05, 4.69) is 10.4 Å². The summed E-state index contributed by atoms with van der Waals surface area (Å²) in [6.45, 7) is 1.38. The van der Waals surface area contributed by atoms with Crippen LogP contribution >= 0.6 is 11.6 Å². The van der Waals surface area contributed by atoms with Crippen LogP contribution in [0.15, 0.2) is 12.1 Å². The second-order valence-electron chi connectivity index (χ2n) is 4.28. The molecular weight excluding hydrogens is 327 g/mol. The quantitative estimate of drug-likeness (QED) is 0.593. The Morgan fingerprint density at radius 3 is 2.41 bits per heavy atom. The van der Waals surface area contributed by atoms with E-state index in [4.69, 9.17) is 11.6 Å². The van der Waals surface area contributed by atoms with Gasteiger partial charge in [-0.3, -0.25) is 10.2 Å². The molecule has 2 heterocycles. The molecule has 2 rings (SSSR count). The van der Waals surface area contributed by atoms with Gasteiger partial charge in [0.2, 0.25) is 11.8 Å². The summed E-state index contributed by atoms with van der Waals surface area (Å²) in [6.07, 6.45) is -4.32. The SMILES string of the molecule is Cc1c(C=O)c(O)n(Nc2ccc(C(F)(F)F)c(Cl)n2)c1O. The van der Waals surface area contributed by atoms with Crippen LogP contribution in [0.25, 0.3) is 0 Å². The van der Waals surface area contributed by atoms with E-state index in [1.165, 1.54) is 6.92 Å². The van der Waals surface area contributed by atoms with Crippen molar-refractivity contribution < 1.29 is 28.2 Å². The minimum atomic E-state index is -4.65. The number of alkyl halides is 3. The van der Waals surface area contributed by atoms with Gasteiger partial charge in [-0.1, -0.05) is 11.6 Å². The maximum absolute atomic E-state index is 12.6. The van der Waals surface area contributed by atoms with E-state index in [1.807, 2.05) is 0 Å². The molecule has 2 aromatic rings. The van der Waals surface area contributed by atoms with Gasteiger partial charge in [-0.25, -0.2) is 4.98 Å². The zero-order valence-corrected chi connectivity index (χ0v) is 11.7.